The largest absolute Gasteiger partial charge is 0.382 e. The van der Waals surface area contributed by atoms with E-state index in [4.69, 9.17) is 11.5 Å². The molecule has 192 valence electrons. The van der Waals surface area contributed by atoms with Gasteiger partial charge in [0.15, 0.2) is 29.4 Å². The van der Waals surface area contributed by atoms with Gasteiger partial charge < -0.3 is 21.9 Å². The van der Waals surface area contributed by atoms with Crippen molar-refractivity contribution in [2.75, 3.05) is 11.5 Å². The van der Waals surface area contributed by atoms with E-state index in [0.717, 1.165) is 23.1 Å². The molecular weight excluding hydrogens is 522 g/mol. The Morgan fingerprint density at radius 1 is 0.838 bits per heavy atom. The fourth-order valence-corrected chi connectivity index (χ4v) is 4.27. The van der Waals surface area contributed by atoms with Gasteiger partial charge in [0, 0.05) is 23.1 Å². The van der Waals surface area contributed by atoms with Gasteiger partial charge in [0.1, 0.15) is 11.6 Å². The van der Waals surface area contributed by atoms with Gasteiger partial charge in [-0.05, 0) is 27.7 Å². The third-order valence-electron chi connectivity index (χ3n) is 4.91. The lowest BCUT2D eigenvalue weighted by Crippen LogP contribution is -2.54. The third-order valence-corrected chi connectivity index (χ3v) is 6.29. The highest BCUT2D eigenvalue weighted by molar-refractivity contribution is 7.09. The summed E-state index contributed by atoms with van der Waals surface area (Å²) in [6, 6.07) is 0. The van der Waals surface area contributed by atoms with Crippen LogP contribution in [0.15, 0.2) is 25.4 Å². The standard InChI is InChI=1S/C17H21N17OS2/c1-5-9(25-27-16-20-7(3)31-36-16)11(18)33(29-5)13-22-14(24-15(35)23-13)34-12(19)10(6(2)30-34)26-28-17-21-8(4)32-37-17/h13,15,23,35H,18-19H2,1-4H3,(H,22,24). The number of aliphatic imine (C=N–C) groups is 1. The van der Waals surface area contributed by atoms with Gasteiger partial charge in [0.2, 0.25) is 22.5 Å². The van der Waals surface area contributed by atoms with Crippen LogP contribution in [0.25, 0.3) is 0 Å². The summed E-state index contributed by atoms with van der Waals surface area (Å²) in [5, 5.41) is 42.1. The van der Waals surface area contributed by atoms with Crippen molar-refractivity contribution in [3.8, 4) is 0 Å². The van der Waals surface area contributed by atoms with Crippen LogP contribution >= 0.6 is 23.1 Å². The summed E-state index contributed by atoms with van der Waals surface area (Å²) in [4.78, 5) is 12.8. The number of hydrogen-bond donors (Lipinski definition) is 5. The van der Waals surface area contributed by atoms with Gasteiger partial charge in [0.25, 0.3) is 0 Å². The number of aryl methyl sites for hydroxylation is 4. The number of azo groups is 2. The molecule has 1 aliphatic heterocycles. The summed E-state index contributed by atoms with van der Waals surface area (Å²) in [5.41, 5.74) is 14.2. The first-order valence-electron chi connectivity index (χ1n) is 10.6. The number of hydrogen-bond acceptors (Lipinski definition) is 18. The van der Waals surface area contributed by atoms with Gasteiger partial charge in [-0.3, -0.25) is 0 Å². The van der Waals surface area contributed by atoms with Crippen molar-refractivity contribution in [1.82, 2.24) is 48.9 Å². The molecule has 0 saturated carbocycles. The molecule has 0 spiro atoms. The van der Waals surface area contributed by atoms with Crippen molar-refractivity contribution in [2.24, 2.45) is 25.4 Å². The molecule has 5 heterocycles. The zero-order valence-corrected chi connectivity index (χ0v) is 21.5. The summed E-state index contributed by atoms with van der Waals surface area (Å²) in [5.74, 6) is 1.64. The van der Waals surface area contributed by atoms with E-state index >= 15 is 0 Å². The lowest BCUT2D eigenvalue weighted by molar-refractivity contribution is 0.0820. The Hall–Kier alpha value is -4.27. The molecule has 0 radical (unpaired) electrons. The number of nitrogens with zero attached hydrogens (tertiary/aromatic N) is 13. The summed E-state index contributed by atoms with van der Waals surface area (Å²) < 4.78 is 10.8. The maximum Gasteiger partial charge on any atom is 0.249 e. The highest BCUT2D eigenvalue weighted by atomic mass is 32.1. The first-order chi connectivity index (χ1) is 17.7. The Morgan fingerprint density at radius 2 is 1.41 bits per heavy atom. The molecule has 2 atom stereocenters. The van der Waals surface area contributed by atoms with Gasteiger partial charge in [0.05, 0.1) is 11.4 Å². The average molecular weight is 544 g/mol. The minimum absolute atomic E-state index is 0.130. The Bertz CT molecular complexity index is 1540. The predicted octanol–water partition coefficient (Wildman–Crippen LogP) is 1.84. The number of nitrogen functional groups attached to an aromatic ring is 2. The molecule has 2 unspecified atom stereocenters. The minimum Gasteiger partial charge on any atom is -0.382 e. The molecule has 5 rings (SSSR count). The van der Waals surface area contributed by atoms with Crippen molar-refractivity contribution in [3.63, 3.8) is 0 Å². The first kappa shape index (κ1) is 24.4. The van der Waals surface area contributed by atoms with E-state index in [1.807, 2.05) is 0 Å². The Balaban J connectivity index is 1.45. The second-order valence-electron chi connectivity index (χ2n) is 7.68. The number of nitrogens with two attached hydrogens (primary N) is 2. The number of aromatic nitrogens is 8. The molecule has 4 aromatic heterocycles. The number of aliphatic hydroxyl groups is 1. The Morgan fingerprint density at radius 3 is 1.97 bits per heavy atom. The molecule has 0 saturated heterocycles. The molecule has 0 amide bonds. The van der Waals surface area contributed by atoms with Crippen LogP contribution in [-0.2, 0) is 0 Å². The SMILES string of the molecule is Cc1nsc(N=Nc2c(C)nn(C3=NC(n4nc(C)c(N=Nc5nc(C)ns5)c4N)NC(O)N3)c2N)n1. The monoisotopic (exact) mass is 543 g/mol. The Kier molecular flexibility index (Phi) is 6.37. The lowest BCUT2D eigenvalue weighted by Gasteiger charge is -2.28. The second-order valence-corrected chi connectivity index (χ2v) is 9.14. The lowest BCUT2D eigenvalue weighted by atomic mass is 10.4. The molecule has 0 aromatic carbocycles. The van der Waals surface area contributed by atoms with Crippen LogP contribution in [0.3, 0.4) is 0 Å². The van der Waals surface area contributed by atoms with Gasteiger partial charge in [-0.15, -0.1) is 20.5 Å². The molecule has 0 aliphatic carbocycles. The van der Waals surface area contributed by atoms with E-state index in [1.165, 1.54) is 9.36 Å². The zero-order valence-electron chi connectivity index (χ0n) is 19.9. The highest BCUT2D eigenvalue weighted by Crippen LogP contribution is 2.32. The molecule has 4 aromatic rings. The Labute approximate surface area is 216 Å². The summed E-state index contributed by atoms with van der Waals surface area (Å²) in [6.07, 6.45) is -2.15. The van der Waals surface area contributed by atoms with Gasteiger partial charge in [-0.1, -0.05) is 0 Å². The molecule has 0 bridgehead atoms. The molecule has 0 fully saturated rings. The number of aliphatic hydroxyl groups excluding tert-OH is 1. The van der Waals surface area contributed by atoms with Crippen LogP contribution in [0.2, 0.25) is 0 Å². The van der Waals surface area contributed by atoms with Gasteiger partial charge >= 0.3 is 0 Å². The molecule has 37 heavy (non-hydrogen) atoms. The van der Waals surface area contributed by atoms with Crippen LogP contribution in [0.5, 0.6) is 0 Å². The van der Waals surface area contributed by atoms with Crippen molar-refractivity contribution in [3.05, 3.63) is 23.0 Å². The first-order valence-corrected chi connectivity index (χ1v) is 12.2. The van der Waals surface area contributed by atoms with E-state index in [1.54, 1.807) is 27.7 Å². The number of nitrogens with one attached hydrogen (secondary N) is 2. The van der Waals surface area contributed by atoms with Gasteiger partial charge in [-0.25, -0.2) is 25.0 Å². The summed E-state index contributed by atoms with van der Waals surface area (Å²) in [7, 11) is 0. The highest BCUT2D eigenvalue weighted by Gasteiger charge is 2.28. The van der Waals surface area contributed by atoms with Crippen molar-refractivity contribution in [1.29, 1.82) is 0 Å². The van der Waals surface area contributed by atoms with Gasteiger partial charge in [-0.2, -0.15) is 23.6 Å². The fraction of sp³-hybridized carbons (Fsp3) is 0.353. The van der Waals surface area contributed by atoms with E-state index in [2.05, 4.69) is 65.0 Å². The number of anilines is 2. The van der Waals surface area contributed by atoms with E-state index in [9.17, 15) is 5.11 Å². The number of rotatable bonds is 5. The van der Waals surface area contributed by atoms with Crippen LogP contribution in [-0.4, -0.2) is 55.7 Å². The summed E-state index contributed by atoms with van der Waals surface area (Å²) >= 11 is 2.23. The quantitative estimate of drug-likeness (QED) is 0.227. The van der Waals surface area contributed by atoms with E-state index in [0.29, 0.717) is 44.7 Å². The topological polar surface area (TPSA) is 245 Å². The second kappa shape index (κ2) is 9.65. The fourth-order valence-electron chi connectivity index (χ4n) is 3.26. The van der Waals surface area contributed by atoms with Crippen LogP contribution < -0.4 is 22.1 Å². The molecule has 18 nitrogen and oxygen atoms in total. The molecule has 20 heteroatoms. The zero-order chi connectivity index (χ0) is 26.3. The maximum atomic E-state index is 10.4. The molecule has 7 N–H and O–H groups in total. The van der Waals surface area contributed by atoms with Crippen LogP contribution in [0, 0.1) is 27.7 Å². The summed E-state index contributed by atoms with van der Waals surface area (Å²) in [6.45, 7) is 6.96. The van der Waals surface area contributed by atoms with Crippen molar-refractivity contribution in [2.45, 2.75) is 40.3 Å². The maximum absolute atomic E-state index is 10.4. The molecular formula is C17H21N17OS2. The minimum atomic E-state index is -1.23. The van der Waals surface area contributed by atoms with Crippen LogP contribution in [0.1, 0.15) is 29.3 Å². The van der Waals surface area contributed by atoms with Crippen LogP contribution in [0.4, 0.5) is 33.3 Å². The van der Waals surface area contributed by atoms with Crippen molar-refractivity contribution < 1.29 is 5.11 Å². The normalized spacial score (nSPS) is 18.1. The van der Waals surface area contributed by atoms with E-state index < -0.39 is 12.6 Å². The van der Waals surface area contributed by atoms with Crippen molar-refractivity contribution >= 4 is 62.3 Å². The smallest absolute Gasteiger partial charge is 0.249 e. The average Bonchev–Trinajstić information content (AvgIpc) is 3.59. The molecule has 1 aliphatic rings. The third kappa shape index (κ3) is 4.89. The van der Waals surface area contributed by atoms with E-state index in [-0.39, 0.29) is 17.6 Å². The predicted molar refractivity (Wildman–Crippen MR) is 135 cm³/mol.